The number of nitrogens with zero attached hydrogens (tertiary/aromatic N) is 2. The fraction of sp³-hybridized carbons (Fsp3) is 0.556. The Morgan fingerprint density at radius 1 is 1.71 bits per heavy atom. The predicted octanol–water partition coefficient (Wildman–Crippen LogP) is 0.839. The second-order valence-electron chi connectivity index (χ2n) is 3.81. The Labute approximate surface area is 87.7 Å². The van der Waals surface area contributed by atoms with E-state index in [-0.39, 0.29) is 5.91 Å². The molecular weight excluding hydrogens is 198 g/mol. The highest BCUT2D eigenvalue weighted by molar-refractivity contribution is 7.09. The number of hydrogen-bond donors (Lipinski definition) is 1. The summed E-state index contributed by atoms with van der Waals surface area (Å²) in [5.74, 6) is -0.0762. The van der Waals surface area contributed by atoms with E-state index in [1.807, 2.05) is 5.38 Å². The minimum Gasteiger partial charge on any atom is -0.337 e. The molecule has 4 nitrogen and oxygen atoms in total. The molecule has 0 saturated heterocycles. The zero-order valence-corrected chi connectivity index (χ0v) is 9.47. The van der Waals surface area contributed by atoms with Gasteiger partial charge in [0.2, 0.25) is 5.91 Å². The minimum absolute atomic E-state index is 0.0762. The highest BCUT2D eigenvalue weighted by Gasteiger charge is 2.25. The van der Waals surface area contributed by atoms with Gasteiger partial charge in [-0.1, -0.05) is 0 Å². The molecule has 2 N–H and O–H groups in total. The molecular formula is C9H15N3OS. The van der Waals surface area contributed by atoms with Crippen molar-refractivity contribution < 1.29 is 4.79 Å². The van der Waals surface area contributed by atoms with E-state index in [1.54, 1.807) is 32.0 Å². The quantitative estimate of drug-likeness (QED) is 0.809. The van der Waals surface area contributed by atoms with Crippen molar-refractivity contribution in [1.29, 1.82) is 0 Å². The third kappa shape index (κ3) is 2.78. The topological polar surface area (TPSA) is 59.2 Å². The third-order valence-electron chi connectivity index (χ3n) is 1.75. The molecule has 0 bridgehead atoms. The monoisotopic (exact) mass is 213 g/mol. The fourth-order valence-electron chi connectivity index (χ4n) is 1.10. The van der Waals surface area contributed by atoms with Crippen LogP contribution in [0.3, 0.4) is 0 Å². The summed E-state index contributed by atoms with van der Waals surface area (Å²) in [7, 11) is 1.73. The Bertz CT molecular complexity index is 302. The largest absolute Gasteiger partial charge is 0.337 e. The van der Waals surface area contributed by atoms with E-state index in [1.165, 1.54) is 11.3 Å². The van der Waals surface area contributed by atoms with Gasteiger partial charge in [-0.25, -0.2) is 4.98 Å². The smallest absolute Gasteiger partial charge is 0.242 e. The van der Waals surface area contributed by atoms with Crippen molar-refractivity contribution in [3.05, 3.63) is 16.6 Å². The van der Waals surface area contributed by atoms with Gasteiger partial charge in [-0.3, -0.25) is 4.79 Å². The second kappa shape index (κ2) is 4.06. The minimum atomic E-state index is -0.813. The van der Waals surface area contributed by atoms with Crippen LogP contribution in [-0.4, -0.2) is 28.4 Å². The van der Waals surface area contributed by atoms with Gasteiger partial charge in [0, 0.05) is 18.6 Å². The van der Waals surface area contributed by atoms with Gasteiger partial charge in [0.15, 0.2) is 0 Å². The lowest BCUT2D eigenvalue weighted by Crippen LogP contribution is -2.49. The van der Waals surface area contributed by atoms with Crippen LogP contribution >= 0.6 is 11.3 Å². The average Bonchev–Trinajstić information content (AvgIpc) is 2.53. The molecule has 0 fully saturated rings. The Balaban J connectivity index is 2.59. The first kappa shape index (κ1) is 11.1. The van der Waals surface area contributed by atoms with E-state index in [4.69, 9.17) is 5.73 Å². The van der Waals surface area contributed by atoms with Gasteiger partial charge in [0.1, 0.15) is 5.01 Å². The van der Waals surface area contributed by atoms with Crippen LogP contribution in [0.2, 0.25) is 0 Å². The van der Waals surface area contributed by atoms with Crippen LogP contribution in [0.1, 0.15) is 18.9 Å². The van der Waals surface area contributed by atoms with Crippen LogP contribution in [-0.2, 0) is 11.3 Å². The van der Waals surface area contributed by atoms with Gasteiger partial charge in [-0.2, -0.15) is 0 Å². The molecule has 78 valence electrons. The van der Waals surface area contributed by atoms with E-state index in [0.717, 1.165) is 5.01 Å². The lowest BCUT2D eigenvalue weighted by Gasteiger charge is -2.24. The molecule has 1 amide bonds. The number of aromatic nitrogens is 1. The number of nitrogens with two attached hydrogens (primary N) is 1. The summed E-state index contributed by atoms with van der Waals surface area (Å²) in [5.41, 5.74) is 4.89. The number of carbonyl (C=O) groups is 1. The van der Waals surface area contributed by atoms with Gasteiger partial charge < -0.3 is 10.6 Å². The molecule has 0 aliphatic carbocycles. The molecule has 0 saturated carbocycles. The molecule has 1 aromatic rings. The van der Waals surface area contributed by atoms with Gasteiger partial charge in [0.25, 0.3) is 0 Å². The molecule has 5 heteroatoms. The molecule has 0 aliphatic rings. The summed E-state index contributed by atoms with van der Waals surface area (Å²) < 4.78 is 0. The summed E-state index contributed by atoms with van der Waals surface area (Å²) in [6.45, 7) is 3.93. The maximum absolute atomic E-state index is 11.7. The average molecular weight is 213 g/mol. The Kier molecular flexibility index (Phi) is 3.23. The maximum Gasteiger partial charge on any atom is 0.242 e. The van der Waals surface area contributed by atoms with E-state index in [9.17, 15) is 4.79 Å². The van der Waals surface area contributed by atoms with E-state index in [2.05, 4.69) is 4.98 Å². The Morgan fingerprint density at radius 2 is 2.36 bits per heavy atom. The maximum atomic E-state index is 11.7. The zero-order valence-electron chi connectivity index (χ0n) is 8.65. The van der Waals surface area contributed by atoms with Crippen molar-refractivity contribution in [2.75, 3.05) is 7.05 Å². The molecule has 0 atom stereocenters. The zero-order chi connectivity index (χ0) is 10.8. The first-order valence-electron chi connectivity index (χ1n) is 4.34. The van der Waals surface area contributed by atoms with Gasteiger partial charge in [-0.05, 0) is 13.8 Å². The van der Waals surface area contributed by atoms with Crippen molar-refractivity contribution in [3.63, 3.8) is 0 Å². The van der Waals surface area contributed by atoms with Crippen molar-refractivity contribution in [1.82, 2.24) is 9.88 Å². The van der Waals surface area contributed by atoms with Crippen LogP contribution in [0.5, 0.6) is 0 Å². The van der Waals surface area contributed by atoms with Crippen molar-refractivity contribution in [2.24, 2.45) is 5.73 Å². The third-order valence-corrected chi connectivity index (χ3v) is 2.52. The molecule has 0 unspecified atom stereocenters. The van der Waals surface area contributed by atoms with Crippen LogP contribution < -0.4 is 5.73 Å². The summed E-state index contributed by atoms with van der Waals surface area (Å²) >= 11 is 1.53. The molecule has 0 spiro atoms. The number of carbonyl (C=O) groups excluding carboxylic acids is 1. The van der Waals surface area contributed by atoms with Gasteiger partial charge >= 0.3 is 0 Å². The first-order valence-corrected chi connectivity index (χ1v) is 5.22. The summed E-state index contributed by atoms with van der Waals surface area (Å²) in [6.07, 6.45) is 1.73. The van der Waals surface area contributed by atoms with Crippen LogP contribution in [0.25, 0.3) is 0 Å². The first-order chi connectivity index (χ1) is 6.41. The second-order valence-corrected chi connectivity index (χ2v) is 4.79. The summed E-state index contributed by atoms with van der Waals surface area (Å²) in [4.78, 5) is 17.4. The van der Waals surface area contributed by atoms with Crippen molar-refractivity contribution in [3.8, 4) is 0 Å². The van der Waals surface area contributed by atoms with Crippen molar-refractivity contribution in [2.45, 2.75) is 25.9 Å². The number of amides is 1. The standard InChI is InChI=1S/C9H15N3OS/c1-9(2,10)8(13)12(3)6-7-11-4-5-14-7/h4-5H,6,10H2,1-3H3. The number of likely N-dealkylation sites (N-methyl/N-ethyl adjacent to an activating group) is 1. The predicted molar refractivity (Wildman–Crippen MR) is 56.9 cm³/mol. The van der Waals surface area contributed by atoms with Gasteiger partial charge in [0.05, 0.1) is 12.1 Å². The normalized spacial score (nSPS) is 11.4. The molecule has 0 radical (unpaired) electrons. The van der Waals surface area contributed by atoms with Crippen LogP contribution in [0.15, 0.2) is 11.6 Å². The molecule has 1 aromatic heterocycles. The summed E-state index contributed by atoms with van der Waals surface area (Å²) in [6, 6.07) is 0. The Morgan fingerprint density at radius 3 is 2.79 bits per heavy atom. The molecule has 0 aromatic carbocycles. The lowest BCUT2D eigenvalue weighted by molar-refractivity contribution is -0.134. The number of hydrogen-bond acceptors (Lipinski definition) is 4. The molecule has 1 rings (SSSR count). The molecule has 14 heavy (non-hydrogen) atoms. The van der Waals surface area contributed by atoms with E-state index < -0.39 is 5.54 Å². The van der Waals surface area contributed by atoms with Crippen LogP contribution in [0, 0.1) is 0 Å². The van der Waals surface area contributed by atoms with E-state index >= 15 is 0 Å². The van der Waals surface area contributed by atoms with Gasteiger partial charge in [-0.15, -0.1) is 11.3 Å². The highest BCUT2D eigenvalue weighted by Crippen LogP contribution is 2.10. The number of rotatable bonds is 3. The lowest BCUT2D eigenvalue weighted by atomic mass is 10.1. The Hall–Kier alpha value is -0.940. The molecule has 1 heterocycles. The fourth-order valence-corrected chi connectivity index (χ4v) is 1.77. The van der Waals surface area contributed by atoms with E-state index in [0.29, 0.717) is 6.54 Å². The van der Waals surface area contributed by atoms with Crippen LogP contribution in [0.4, 0.5) is 0 Å². The summed E-state index contributed by atoms with van der Waals surface area (Å²) in [5, 5.41) is 2.81. The number of thiazole rings is 1. The molecule has 0 aliphatic heterocycles. The van der Waals surface area contributed by atoms with Crippen molar-refractivity contribution >= 4 is 17.2 Å². The SMILES string of the molecule is CN(Cc1nccs1)C(=O)C(C)(C)N. The highest BCUT2D eigenvalue weighted by atomic mass is 32.1.